The Hall–Kier alpha value is -1.40. The summed E-state index contributed by atoms with van der Waals surface area (Å²) in [5.74, 6) is 0. The first kappa shape index (κ1) is 14.5. The summed E-state index contributed by atoms with van der Waals surface area (Å²) in [4.78, 5) is 4.50. The third-order valence-electron chi connectivity index (χ3n) is 3.03. The van der Waals surface area contributed by atoms with Gasteiger partial charge in [0, 0.05) is 14.1 Å². The maximum Gasteiger partial charge on any atom is 0.0906 e. The number of benzene rings is 2. The average molecular weight is 332 g/mol. The highest BCUT2D eigenvalue weighted by Gasteiger charge is 2.20. The van der Waals surface area contributed by atoms with E-state index in [-0.39, 0.29) is 0 Å². The van der Waals surface area contributed by atoms with Crippen molar-refractivity contribution in [1.29, 1.82) is 0 Å². The Bertz CT molecular complexity index is 693. The first-order valence-corrected chi connectivity index (χ1v) is 8.57. The molecule has 1 aromatic heterocycles. The largest absolute Gasteiger partial charge is 0.253 e. The highest BCUT2D eigenvalue weighted by molar-refractivity contribution is 7.79. The van der Waals surface area contributed by atoms with E-state index in [1.807, 2.05) is 36.4 Å². The second-order valence-corrected chi connectivity index (χ2v) is 7.44. The Morgan fingerprint density at radius 1 is 0.762 bits per heavy atom. The zero-order valence-corrected chi connectivity index (χ0v) is 13.5. The van der Waals surface area contributed by atoms with E-state index >= 15 is 0 Å². The lowest BCUT2D eigenvalue weighted by Gasteiger charge is -2.19. The lowest BCUT2D eigenvalue weighted by atomic mass is 10.4. The molecule has 21 heavy (non-hydrogen) atoms. The van der Waals surface area contributed by atoms with Crippen molar-refractivity contribution >= 4 is 47.2 Å². The summed E-state index contributed by atoms with van der Waals surface area (Å²) in [6.45, 7) is 0. The van der Waals surface area contributed by atoms with Crippen LogP contribution in [0.5, 0.6) is 0 Å². The van der Waals surface area contributed by atoms with E-state index in [0.717, 1.165) is 5.44 Å². The Morgan fingerprint density at radius 2 is 1.29 bits per heavy atom. The van der Waals surface area contributed by atoms with Crippen molar-refractivity contribution < 1.29 is 0 Å². The Kier molecular flexibility index (Phi) is 4.55. The van der Waals surface area contributed by atoms with E-state index in [4.69, 9.17) is 23.2 Å². The molecule has 0 N–H and O–H groups in total. The van der Waals surface area contributed by atoms with Crippen molar-refractivity contribution in [2.75, 3.05) is 0 Å². The van der Waals surface area contributed by atoms with E-state index in [2.05, 4.69) is 29.2 Å². The molecule has 4 heteroatoms. The van der Waals surface area contributed by atoms with Crippen LogP contribution in [0.4, 0.5) is 0 Å². The van der Waals surface area contributed by atoms with Gasteiger partial charge in [0.1, 0.15) is 0 Å². The Labute approximate surface area is 135 Å². The summed E-state index contributed by atoms with van der Waals surface area (Å²) in [5, 5.41) is 3.60. The van der Waals surface area contributed by atoms with E-state index in [0.29, 0.717) is 10.0 Å². The first-order valence-electron chi connectivity index (χ1n) is 6.47. The zero-order chi connectivity index (χ0) is 14.7. The molecule has 0 aliphatic carbocycles. The number of aromatic nitrogens is 1. The second-order valence-electron chi connectivity index (χ2n) is 4.47. The number of nitrogens with zero attached hydrogens (tertiary/aromatic N) is 1. The van der Waals surface area contributed by atoms with Gasteiger partial charge in [0.05, 0.1) is 15.5 Å². The third-order valence-corrected chi connectivity index (χ3v) is 6.06. The zero-order valence-electron chi connectivity index (χ0n) is 11.1. The van der Waals surface area contributed by atoms with Crippen molar-refractivity contribution in [2.24, 2.45) is 0 Å². The summed E-state index contributed by atoms with van der Waals surface area (Å²) in [7, 11) is -0.781. The fraction of sp³-hybridized carbons (Fsp3) is 0. The fourth-order valence-corrected chi connectivity index (χ4v) is 4.93. The summed E-state index contributed by atoms with van der Waals surface area (Å²) in [6.07, 6.45) is 1.66. The molecule has 0 radical (unpaired) electrons. The maximum atomic E-state index is 6.39. The van der Waals surface area contributed by atoms with E-state index in [9.17, 15) is 0 Å². The minimum Gasteiger partial charge on any atom is -0.253 e. The topological polar surface area (TPSA) is 12.9 Å². The molecule has 0 aliphatic heterocycles. The quantitative estimate of drug-likeness (QED) is 0.657. The molecule has 0 saturated heterocycles. The highest BCUT2D eigenvalue weighted by atomic mass is 35.5. The Balaban J connectivity index is 2.17. The predicted octanol–water partition coefficient (Wildman–Crippen LogP) is 4.15. The van der Waals surface area contributed by atoms with Crippen LogP contribution in [0.15, 0.2) is 72.9 Å². The highest BCUT2D eigenvalue weighted by Crippen LogP contribution is 2.34. The monoisotopic (exact) mass is 331 g/mol. The van der Waals surface area contributed by atoms with Gasteiger partial charge in [0.25, 0.3) is 0 Å². The molecule has 0 atom stereocenters. The molecular weight excluding hydrogens is 320 g/mol. The number of rotatable bonds is 3. The number of pyridine rings is 1. The summed E-state index contributed by atoms with van der Waals surface area (Å²) in [5.41, 5.74) is 0.883. The van der Waals surface area contributed by atoms with Crippen molar-refractivity contribution in [2.45, 2.75) is 0 Å². The molecule has 0 saturated carbocycles. The molecule has 3 aromatic rings. The van der Waals surface area contributed by atoms with Gasteiger partial charge < -0.3 is 0 Å². The lowest BCUT2D eigenvalue weighted by molar-refractivity contribution is 1.39. The maximum absolute atomic E-state index is 6.39. The standard InChI is InChI=1S/C17H12Cl2NP/c18-13-11-16(19)17(20-12-13)21(14-7-3-1-4-8-14)15-9-5-2-6-10-15/h1-12H. The minimum atomic E-state index is -0.781. The molecule has 0 unspecified atom stereocenters. The van der Waals surface area contributed by atoms with Gasteiger partial charge in [-0.2, -0.15) is 0 Å². The van der Waals surface area contributed by atoms with Gasteiger partial charge in [-0.15, -0.1) is 0 Å². The van der Waals surface area contributed by atoms with Gasteiger partial charge in [-0.1, -0.05) is 83.9 Å². The fourth-order valence-electron chi connectivity index (χ4n) is 2.12. The molecule has 2 aromatic carbocycles. The average Bonchev–Trinajstić information content (AvgIpc) is 2.52. The normalized spacial score (nSPS) is 10.8. The predicted molar refractivity (Wildman–Crippen MR) is 93.0 cm³/mol. The number of hydrogen-bond donors (Lipinski definition) is 0. The molecule has 1 heterocycles. The number of hydrogen-bond acceptors (Lipinski definition) is 1. The van der Waals surface area contributed by atoms with Gasteiger partial charge in [-0.25, -0.2) is 0 Å². The van der Waals surface area contributed by atoms with Crippen LogP contribution >= 0.6 is 31.1 Å². The van der Waals surface area contributed by atoms with Crippen LogP contribution in [0.1, 0.15) is 0 Å². The SMILES string of the molecule is Clc1cnc(P(c2ccccc2)c2ccccc2)c(Cl)c1. The molecule has 0 bridgehead atoms. The van der Waals surface area contributed by atoms with Crippen molar-refractivity contribution in [3.05, 3.63) is 83.0 Å². The molecule has 3 rings (SSSR count). The van der Waals surface area contributed by atoms with Crippen LogP contribution in [0.3, 0.4) is 0 Å². The summed E-state index contributed by atoms with van der Waals surface area (Å²) in [6, 6.07) is 22.4. The molecule has 0 aliphatic rings. The van der Waals surface area contributed by atoms with Crippen molar-refractivity contribution in [1.82, 2.24) is 4.98 Å². The summed E-state index contributed by atoms with van der Waals surface area (Å²) < 4.78 is 0. The Morgan fingerprint density at radius 3 is 1.76 bits per heavy atom. The first-order chi connectivity index (χ1) is 10.3. The van der Waals surface area contributed by atoms with E-state index in [1.54, 1.807) is 12.3 Å². The molecule has 104 valence electrons. The van der Waals surface area contributed by atoms with E-state index in [1.165, 1.54) is 10.6 Å². The third kappa shape index (κ3) is 3.27. The lowest BCUT2D eigenvalue weighted by Crippen LogP contribution is -2.23. The van der Waals surface area contributed by atoms with Crippen LogP contribution < -0.4 is 16.0 Å². The number of halogens is 2. The molecule has 1 nitrogen and oxygen atoms in total. The van der Waals surface area contributed by atoms with Gasteiger partial charge in [-0.05, 0) is 16.7 Å². The van der Waals surface area contributed by atoms with Crippen LogP contribution in [0.2, 0.25) is 10.0 Å². The molecule has 0 spiro atoms. The van der Waals surface area contributed by atoms with Crippen LogP contribution in [-0.2, 0) is 0 Å². The van der Waals surface area contributed by atoms with Gasteiger partial charge in [0.2, 0.25) is 0 Å². The van der Waals surface area contributed by atoms with Gasteiger partial charge in [0.15, 0.2) is 0 Å². The van der Waals surface area contributed by atoms with Crippen LogP contribution in [0, 0.1) is 0 Å². The second kappa shape index (κ2) is 6.58. The molecule has 0 amide bonds. The summed E-state index contributed by atoms with van der Waals surface area (Å²) >= 11 is 12.4. The molecular formula is C17H12Cl2NP. The molecule has 0 fully saturated rings. The smallest absolute Gasteiger partial charge is 0.0906 e. The van der Waals surface area contributed by atoms with Gasteiger partial charge in [-0.3, -0.25) is 4.98 Å². The van der Waals surface area contributed by atoms with Crippen LogP contribution in [0.25, 0.3) is 0 Å². The minimum absolute atomic E-state index is 0.555. The van der Waals surface area contributed by atoms with Crippen molar-refractivity contribution in [3.8, 4) is 0 Å². The van der Waals surface area contributed by atoms with Gasteiger partial charge >= 0.3 is 0 Å². The van der Waals surface area contributed by atoms with Crippen molar-refractivity contribution in [3.63, 3.8) is 0 Å². The van der Waals surface area contributed by atoms with E-state index < -0.39 is 7.92 Å². The van der Waals surface area contributed by atoms with Crippen LogP contribution in [-0.4, -0.2) is 4.98 Å².